The minimum Gasteiger partial charge on any atom is -0.463 e. The Morgan fingerprint density at radius 3 is 2.71 bits per heavy atom. The molecule has 35 heavy (non-hydrogen) atoms. The second kappa shape index (κ2) is 8.87. The summed E-state index contributed by atoms with van der Waals surface area (Å²) in [5.41, 5.74) is 2.29. The third-order valence-electron chi connectivity index (χ3n) is 6.49. The molecule has 178 valence electrons. The highest BCUT2D eigenvalue weighted by Crippen LogP contribution is 2.32. The van der Waals surface area contributed by atoms with Gasteiger partial charge in [-0.25, -0.2) is 4.39 Å². The minimum atomic E-state index is -1.23. The van der Waals surface area contributed by atoms with Gasteiger partial charge in [0.1, 0.15) is 22.7 Å². The smallest absolute Gasteiger partial charge is 0.273 e. The Hall–Kier alpha value is -4.20. The lowest BCUT2D eigenvalue weighted by Gasteiger charge is -2.43. The molecule has 1 aliphatic rings. The van der Waals surface area contributed by atoms with Gasteiger partial charge in [-0.15, -0.1) is 0 Å². The number of rotatable bonds is 6. The summed E-state index contributed by atoms with van der Waals surface area (Å²) >= 11 is 0. The molecule has 0 saturated carbocycles. The van der Waals surface area contributed by atoms with Gasteiger partial charge < -0.3 is 14.6 Å². The summed E-state index contributed by atoms with van der Waals surface area (Å²) in [6, 6.07) is 19.1. The first-order chi connectivity index (χ1) is 16.8. The van der Waals surface area contributed by atoms with Crippen LogP contribution in [-0.2, 0) is 24.4 Å². The Bertz CT molecular complexity index is 1400. The van der Waals surface area contributed by atoms with Crippen molar-refractivity contribution in [2.75, 3.05) is 0 Å². The number of nitrogens with one attached hydrogen (secondary N) is 1. The second-order valence-electron chi connectivity index (χ2n) is 8.95. The van der Waals surface area contributed by atoms with E-state index in [-0.39, 0.29) is 37.3 Å². The molecule has 2 aromatic carbocycles. The van der Waals surface area contributed by atoms with Gasteiger partial charge in [0.05, 0.1) is 12.8 Å². The van der Waals surface area contributed by atoms with Crippen molar-refractivity contribution in [3.8, 4) is 11.5 Å². The number of amides is 2. The Balaban J connectivity index is 1.50. The largest absolute Gasteiger partial charge is 0.463 e. The Kier molecular flexibility index (Phi) is 5.72. The van der Waals surface area contributed by atoms with Crippen molar-refractivity contribution in [3.05, 3.63) is 101 Å². The minimum absolute atomic E-state index is 0.141. The fraction of sp³-hybridized carbons (Fsp3) is 0.222. The van der Waals surface area contributed by atoms with Crippen LogP contribution in [0.25, 0.3) is 11.5 Å². The summed E-state index contributed by atoms with van der Waals surface area (Å²) in [6.07, 6.45) is 1.55. The number of fused-ring (bicyclic) bond motifs is 1. The summed E-state index contributed by atoms with van der Waals surface area (Å²) in [5, 5.41) is 7.45. The third-order valence-corrected chi connectivity index (χ3v) is 6.49. The Morgan fingerprint density at radius 2 is 1.97 bits per heavy atom. The van der Waals surface area contributed by atoms with Crippen LogP contribution >= 0.6 is 0 Å². The topological polar surface area (TPSA) is 80.4 Å². The predicted octanol–water partition coefficient (Wildman–Crippen LogP) is 4.32. The van der Waals surface area contributed by atoms with E-state index in [9.17, 15) is 14.0 Å². The number of aromatic nitrogens is 2. The maximum absolute atomic E-state index is 13.8. The number of carbonyl (C=O) groups is 2. The lowest BCUT2D eigenvalue weighted by atomic mass is 9.93. The fourth-order valence-electron chi connectivity index (χ4n) is 4.41. The average Bonchev–Trinajstić information content (AvgIpc) is 3.51. The predicted molar refractivity (Wildman–Crippen MR) is 128 cm³/mol. The average molecular weight is 473 g/mol. The lowest BCUT2D eigenvalue weighted by Crippen LogP contribution is -2.63. The first kappa shape index (κ1) is 22.6. The van der Waals surface area contributed by atoms with Crippen molar-refractivity contribution in [1.29, 1.82) is 0 Å². The van der Waals surface area contributed by atoms with E-state index in [4.69, 9.17) is 4.42 Å². The number of nitrogens with zero attached hydrogens (tertiary/aromatic N) is 3. The molecule has 1 atom stereocenters. The SMILES string of the molecule is Cc1ccccc1CN1C(=O)c2cc(-c3ccco3)nn2C[C@@]1(C)C(=O)NCc1cccc(F)c1. The van der Waals surface area contributed by atoms with Crippen LogP contribution in [-0.4, -0.2) is 32.0 Å². The molecule has 5 rings (SSSR count). The first-order valence-electron chi connectivity index (χ1n) is 11.4. The number of furan rings is 1. The van der Waals surface area contributed by atoms with Gasteiger partial charge in [0, 0.05) is 19.2 Å². The highest BCUT2D eigenvalue weighted by atomic mass is 19.1. The van der Waals surface area contributed by atoms with E-state index in [1.165, 1.54) is 12.1 Å². The lowest BCUT2D eigenvalue weighted by molar-refractivity contribution is -0.133. The van der Waals surface area contributed by atoms with Crippen LogP contribution in [0, 0.1) is 12.7 Å². The molecule has 0 radical (unpaired) electrons. The monoisotopic (exact) mass is 472 g/mol. The molecular formula is C27H25FN4O3. The maximum atomic E-state index is 13.8. The van der Waals surface area contributed by atoms with Gasteiger partial charge in [-0.1, -0.05) is 36.4 Å². The molecule has 0 bridgehead atoms. The van der Waals surface area contributed by atoms with Gasteiger partial charge >= 0.3 is 0 Å². The molecule has 2 amide bonds. The van der Waals surface area contributed by atoms with Crippen LogP contribution < -0.4 is 5.32 Å². The molecule has 8 heteroatoms. The molecule has 3 heterocycles. The molecule has 0 saturated heterocycles. The van der Waals surface area contributed by atoms with E-state index in [1.54, 1.807) is 53.1 Å². The number of hydrogen-bond acceptors (Lipinski definition) is 4. The second-order valence-corrected chi connectivity index (χ2v) is 8.95. The van der Waals surface area contributed by atoms with Crippen LogP contribution in [0.2, 0.25) is 0 Å². The Morgan fingerprint density at radius 1 is 1.14 bits per heavy atom. The maximum Gasteiger partial charge on any atom is 0.273 e. The van der Waals surface area contributed by atoms with Crippen LogP contribution in [0.3, 0.4) is 0 Å². The molecular weight excluding hydrogens is 447 g/mol. The number of carbonyl (C=O) groups excluding carboxylic acids is 2. The number of halogens is 1. The quantitative estimate of drug-likeness (QED) is 0.453. The molecule has 4 aromatic rings. The standard InChI is InChI=1S/C27H25FN4O3/c1-18-7-3-4-9-20(18)16-31-25(33)23-14-22(24-11-6-12-35-24)30-32(23)17-27(31,2)26(34)29-15-19-8-5-10-21(28)13-19/h3-14H,15-17H2,1-2H3,(H,29,34)/t27-/m0/s1. The number of aryl methyl sites for hydroxylation is 1. The van der Waals surface area contributed by atoms with Crippen LogP contribution in [0.15, 0.2) is 77.4 Å². The van der Waals surface area contributed by atoms with Gasteiger partial charge in [0.2, 0.25) is 5.91 Å². The van der Waals surface area contributed by atoms with E-state index in [0.717, 1.165) is 11.1 Å². The van der Waals surface area contributed by atoms with Gasteiger partial charge in [-0.3, -0.25) is 14.3 Å². The molecule has 2 aromatic heterocycles. The zero-order chi connectivity index (χ0) is 24.6. The van der Waals surface area contributed by atoms with E-state index in [1.807, 2.05) is 31.2 Å². The van der Waals surface area contributed by atoms with E-state index >= 15 is 0 Å². The van der Waals surface area contributed by atoms with Gasteiger partial charge in [-0.05, 0) is 54.8 Å². The van der Waals surface area contributed by atoms with Crippen molar-refractivity contribution in [2.24, 2.45) is 0 Å². The van der Waals surface area contributed by atoms with Crippen LogP contribution in [0.1, 0.15) is 34.1 Å². The zero-order valence-electron chi connectivity index (χ0n) is 19.5. The summed E-state index contributed by atoms with van der Waals surface area (Å²) < 4.78 is 20.6. The normalized spacial score (nSPS) is 17.3. The molecule has 1 aliphatic heterocycles. The molecule has 1 N–H and O–H groups in total. The molecule has 0 fully saturated rings. The summed E-state index contributed by atoms with van der Waals surface area (Å²) in [7, 11) is 0. The first-order valence-corrected chi connectivity index (χ1v) is 11.4. The fourth-order valence-corrected chi connectivity index (χ4v) is 4.41. The molecule has 0 spiro atoms. The third kappa shape index (κ3) is 4.23. The van der Waals surface area contributed by atoms with Gasteiger partial charge in [0.15, 0.2) is 5.76 Å². The van der Waals surface area contributed by atoms with E-state index in [2.05, 4.69) is 10.4 Å². The van der Waals surface area contributed by atoms with E-state index in [0.29, 0.717) is 22.7 Å². The Labute approximate surface area is 202 Å². The summed E-state index contributed by atoms with van der Waals surface area (Å²) in [5.74, 6) is -0.469. The summed E-state index contributed by atoms with van der Waals surface area (Å²) in [4.78, 5) is 29.0. The van der Waals surface area contributed by atoms with Gasteiger partial charge in [-0.2, -0.15) is 5.10 Å². The molecule has 7 nitrogen and oxygen atoms in total. The molecule has 0 unspecified atom stereocenters. The van der Waals surface area contributed by atoms with Crippen LogP contribution in [0.4, 0.5) is 4.39 Å². The highest BCUT2D eigenvalue weighted by molar-refractivity contribution is 6.00. The van der Waals surface area contributed by atoms with Crippen molar-refractivity contribution < 1.29 is 18.4 Å². The number of benzene rings is 2. The number of hydrogen-bond donors (Lipinski definition) is 1. The van der Waals surface area contributed by atoms with Crippen molar-refractivity contribution >= 4 is 11.8 Å². The van der Waals surface area contributed by atoms with Crippen molar-refractivity contribution in [2.45, 2.75) is 39.0 Å². The van der Waals surface area contributed by atoms with Crippen molar-refractivity contribution in [1.82, 2.24) is 20.0 Å². The molecule has 0 aliphatic carbocycles. The van der Waals surface area contributed by atoms with Crippen molar-refractivity contribution in [3.63, 3.8) is 0 Å². The van der Waals surface area contributed by atoms with Gasteiger partial charge in [0.25, 0.3) is 5.91 Å². The summed E-state index contributed by atoms with van der Waals surface area (Å²) in [6.45, 7) is 4.28. The highest BCUT2D eigenvalue weighted by Gasteiger charge is 2.48. The zero-order valence-corrected chi connectivity index (χ0v) is 19.5. The van der Waals surface area contributed by atoms with Crippen LogP contribution in [0.5, 0.6) is 0 Å². The van der Waals surface area contributed by atoms with E-state index < -0.39 is 5.54 Å².